The predicted molar refractivity (Wildman–Crippen MR) is 80.0 cm³/mol. The smallest absolute Gasteiger partial charge is 0.159 e. The Bertz CT molecular complexity index is 668. The molecule has 0 amide bonds. The maximum Gasteiger partial charge on any atom is 0.159 e. The summed E-state index contributed by atoms with van der Waals surface area (Å²) in [5.41, 5.74) is 9.27. The Hall–Kier alpha value is -1.74. The van der Waals surface area contributed by atoms with Crippen LogP contribution in [0.1, 0.15) is 42.4 Å². The Balaban J connectivity index is 1.97. The molecular weight excluding hydrogens is 268 g/mol. The molecule has 3 heteroatoms. The monoisotopic (exact) mass is 287 g/mol. The molecule has 0 aromatic heterocycles. The van der Waals surface area contributed by atoms with Crippen LogP contribution in [0.3, 0.4) is 0 Å². The van der Waals surface area contributed by atoms with E-state index in [-0.39, 0.29) is 0 Å². The van der Waals surface area contributed by atoms with Crippen molar-refractivity contribution >= 4 is 0 Å². The average Bonchev–Trinajstić information content (AvgIpc) is 2.48. The van der Waals surface area contributed by atoms with Crippen molar-refractivity contribution in [3.05, 3.63) is 70.8 Å². The van der Waals surface area contributed by atoms with Gasteiger partial charge in [0.2, 0.25) is 0 Å². The Labute approximate surface area is 123 Å². The van der Waals surface area contributed by atoms with Gasteiger partial charge in [0.15, 0.2) is 11.6 Å². The first-order valence-electron chi connectivity index (χ1n) is 7.32. The lowest BCUT2D eigenvalue weighted by Crippen LogP contribution is -2.42. The molecule has 0 radical (unpaired) electrons. The highest BCUT2D eigenvalue weighted by Gasteiger charge is 2.35. The first-order valence-corrected chi connectivity index (χ1v) is 7.32. The van der Waals surface area contributed by atoms with Gasteiger partial charge in [-0.1, -0.05) is 37.3 Å². The lowest BCUT2D eigenvalue weighted by atomic mass is 9.70. The van der Waals surface area contributed by atoms with Gasteiger partial charge >= 0.3 is 0 Å². The number of hydrogen-bond acceptors (Lipinski definition) is 1. The zero-order chi connectivity index (χ0) is 15.0. The topological polar surface area (TPSA) is 26.0 Å². The van der Waals surface area contributed by atoms with E-state index < -0.39 is 17.2 Å². The summed E-state index contributed by atoms with van der Waals surface area (Å²) >= 11 is 0. The molecule has 2 aromatic rings. The van der Waals surface area contributed by atoms with E-state index >= 15 is 0 Å². The zero-order valence-electron chi connectivity index (χ0n) is 12.1. The normalized spacial score (nSPS) is 24.7. The van der Waals surface area contributed by atoms with Crippen LogP contribution in [0, 0.1) is 11.6 Å². The van der Waals surface area contributed by atoms with Gasteiger partial charge in [-0.05, 0) is 54.0 Å². The summed E-state index contributed by atoms with van der Waals surface area (Å²) in [6.07, 6.45) is 2.38. The maximum atomic E-state index is 13.4. The SMILES string of the molecule is CC1CCC(N)(Cc2ccc(F)c(F)c2)c2ccccc21. The van der Waals surface area contributed by atoms with Crippen molar-refractivity contribution in [3.8, 4) is 0 Å². The van der Waals surface area contributed by atoms with Crippen LogP contribution in [0.5, 0.6) is 0 Å². The second-order valence-electron chi connectivity index (χ2n) is 6.11. The molecular formula is C18H19F2N. The molecule has 1 nitrogen and oxygen atoms in total. The molecule has 110 valence electrons. The van der Waals surface area contributed by atoms with E-state index in [2.05, 4.69) is 19.1 Å². The number of halogens is 2. The zero-order valence-corrected chi connectivity index (χ0v) is 12.1. The van der Waals surface area contributed by atoms with E-state index in [1.54, 1.807) is 6.07 Å². The molecule has 21 heavy (non-hydrogen) atoms. The number of rotatable bonds is 2. The van der Waals surface area contributed by atoms with E-state index in [4.69, 9.17) is 5.73 Å². The third-order valence-electron chi connectivity index (χ3n) is 4.56. The van der Waals surface area contributed by atoms with Gasteiger partial charge in [0, 0.05) is 5.54 Å². The highest BCUT2D eigenvalue weighted by atomic mass is 19.2. The second-order valence-corrected chi connectivity index (χ2v) is 6.11. The van der Waals surface area contributed by atoms with Crippen LogP contribution in [0.15, 0.2) is 42.5 Å². The van der Waals surface area contributed by atoms with Gasteiger partial charge in [0.05, 0.1) is 0 Å². The molecule has 2 unspecified atom stereocenters. The molecule has 2 atom stereocenters. The van der Waals surface area contributed by atoms with Crippen LogP contribution >= 0.6 is 0 Å². The summed E-state index contributed by atoms with van der Waals surface area (Å²) in [5.74, 6) is -1.14. The molecule has 2 N–H and O–H groups in total. The molecule has 0 bridgehead atoms. The Morgan fingerprint density at radius 3 is 2.67 bits per heavy atom. The van der Waals surface area contributed by atoms with E-state index in [0.29, 0.717) is 12.3 Å². The average molecular weight is 287 g/mol. The third-order valence-corrected chi connectivity index (χ3v) is 4.56. The van der Waals surface area contributed by atoms with E-state index in [0.717, 1.165) is 24.0 Å². The van der Waals surface area contributed by atoms with Gasteiger partial charge in [-0.2, -0.15) is 0 Å². The van der Waals surface area contributed by atoms with Crippen molar-refractivity contribution < 1.29 is 8.78 Å². The van der Waals surface area contributed by atoms with Gasteiger partial charge in [-0.25, -0.2) is 8.78 Å². The van der Waals surface area contributed by atoms with Crippen molar-refractivity contribution in [2.75, 3.05) is 0 Å². The summed E-state index contributed by atoms with van der Waals surface area (Å²) in [6, 6.07) is 12.2. The Morgan fingerprint density at radius 1 is 1.14 bits per heavy atom. The summed E-state index contributed by atoms with van der Waals surface area (Å²) in [6.45, 7) is 2.20. The fourth-order valence-electron chi connectivity index (χ4n) is 3.34. The van der Waals surface area contributed by atoms with Gasteiger partial charge in [-0.15, -0.1) is 0 Å². The number of fused-ring (bicyclic) bond motifs is 1. The Morgan fingerprint density at radius 2 is 1.90 bits per heavy atom. The molecule has 1 aliphatic rings. The van der Waals surface area contributed by atoms with Crippen molar-refractivity contribution in [1.29, 1.82) is 0 Å². The molecule has 0 saturated carbocycles. The number of benzene rings is 2. The van der Waals surface area contributed by atoms with Crippen LogP contribution in [-0.2, 0) is 12.0 Å². The quantitative estimate of drug-likeness (QED) is 0.877. The molecule has 0 saturated heterocycles. The van der Waals surface area contributed by atoms with Crippen molar-refractivity contribution in [2.24, 2.45) is 5.73 Å². The molecule has 0 fully saturated rings. The standard InChI is InChI=1S/C18H19F2N/c1-12-8-9-18(21,15-5-3-2-4-14(12)15)11-13-6-7-16(19)17(20)10-13/h2-7,10,12H,8-9,11,21H2,1H3. The summed E-state index contributed by atoms with van der Waals surface area (Å²) in [5, 5.41) is 0. The lowest BCUT2D eigenvalue weighted by Gasteiger charge is -2.38. The highest BCUT2D eigenvalue weighted by Crippen LogP contribution is 2.41. The van der Waals surface area contributed by atoms with Crippen molar-refractivity contribution in [1.82, 2.24) is 0 Å². The molecule has 0 spiro atoms. The maximum absolute atomic E-state index is 13.4. The summed E-state index contributed by atoms with van der Waals surface area (Å²) in [4.78, 5) is 0. The first kappa shape index (κ1) is 14.2. The minimum Gasteiger partial charge on any atom is -0.321 e. The van der Waals surface area contributed by atoms with Crippen LogP contribution in [-0.4, -0.2) is 0 Å². The second kappa shape index (κ2) is 5.23. The van der Waals surface area contributed by atoms with Gasteiger partial charge in [0.1, 0.15) is 0 Å². The van der Waals surface area contributed by atoms with Gasteiger partial charge in [0.25, 0.3) is 0 Å². The van der Waals surface area contributed by atoms with E-state index in [9.17, 15) is 8.78 Å². The first-order chi connectivity index (χ1) is 9.99. The molecule has 0 aliphatic heterocycles. The number of nitrogens with two attached hydrogens (primary N) is 1. The van der Waals surface area contributed by atoms with E-state index in [1.807, 2.05) is 12.1 Å². The van der Waals surface area contributed by atoms with Crippen LogP contribution in [0.25, 0.3) is 0 Å². The van der Waals surface area contributed by atoms with Crippen molar-refractivity contribution in [2.45, 2.75) is 37.6 Å². The molecule has 3 rings (SSSR count). The van der Waals surface area contributed by atoms with Crippen LogP contribution in [0.2, 0.25) is 0 Å². The molecule has 2 aromatic carbocycles. The van der Waals surface area contributed by atoms with E-state index in [1.165, 1.54) is 17.7 Å². The van der Waals surface area contributed by atoms with Crippen LogP contribution < -0.4 is 5.73 Å². The fourth-order valence-corrected chi connectivity index (χ4v) is 3.34. The molecule has 0 heterocycles. The fraction of sp³-hybridized carbons (Fsp3) is 0.333. The summed E-state index contributed by atoms with van der Waals surface area (Å²) in [7, 11) is 0. The highest BCUT2D eigenvalue weighted by molar-refractivity contribution is 5.40. The molecule has 1 aliphatic carbocycles. The lowest BCUT2D eigenvalue weighted by molar-refractivity contribution is 0.348. The number of hydrogen-bond donors (Lipinski definition) is 1. The summed E-state index contributed by atoms with van der Waals surface area (Å²) < 4.78 is 26.5. The van der Waals surface area contributed by atoms with Gasteiger partial charge in [-0.3, -0.25) is 0 Å². The predicted octanol–water partition coefficient (Wildman–Crippen LogP) is 4.26. The third kappa shape index (κ3) is 2.58. The largest absolute Gasteiger partial charge is 0.321 e. The van der Waals surface area contributed by atoms with Crippen LogP contribution in [0.4, 0.5) is 8.78 Å². The van der Waals surface area contributed by atoms with Gasteiger partial charge < -0.3 is 5.73 Å². The van der Waals surface area contributed by atoms with Crippen molar-refractivity contribution in [3.63, 3.8) is 0 Å². The Kier molecular flexibility index (Phi) is 3.54. The minimum absolute atomic E-state index is 0.489. The minimum atomic E-state index is -0.817.